The summed E-state index contributed by atoms with van der Waals surface area (Å²) >= 11 is 5.97. The molecule has 0 spiro atoms. The van der Waals surface area contributed by atoms with Gasteiger partial charge in [0.05, 0.1) is 24.9 Å². The lowest BCUT2D eigenvalue weighted by Crippen LogP contribution is -2.01. The molecule has 0 amide bonds. The Morgan fingerprint density at radius 3 is 2.43 bits per heavy atom. The predicted molar refractivity (Wildman–Crippen MR) is 73.7 cm³/mol. The molecule has 0 aliphatic heterocycles. The third-order valence-corrected chi connectivity index (χ3v) is 3.20. The zero-order valence-electron chi connectivity index (χ0n) is 11.5. The van der Waals surface area contributed by atoms with Crippen LogP contribution >= 0.6 is 11.6 Å². The van der Waals surface area contributed by atoms with Crippen LogP contribution in [0.3, 0.4) is 0 Å². The lowest BCUT2D eigenvalue weighted by molar-refractivity contribution is 0.0689. The van der Waals surface area contributed by atoms with Gasteiger partial charge < -0.3 is 14.6 Å². The van der Waals surface area contributed by atoms with Crippen molar-refractivity contribution in [2.45, 2.75) is 0 Å². The summed E-state index contributed by atoms with van der Waals surface area (Å²) in [5, 5.41) is 12.8. The van der Waals surface area contributed by atoms with Gasteiger partial charge in [0.1, 0.15) is 0 Å². The van der Waals surface area contributed by atoms with Crippen LogP contribution in [0, 0.1) is 5.82 Å². The highest BCUT2D eigenvalue weighted by molar-refractivity contribution is 6.32. The van der Waals surface area contributed by atoms with E-state index >= 15 is 0 Å². The summed E-state index contributed by atoms with van der Waals surface area (Å²) in [6, 6.07) is 2.74. The molecule has 0 bridgehead atoms. The summed E-state index contributed by atoms with van der Waals surface area (Å²) in [6.45, 7) is 0. The summed E-state index contributed by atoms with van der Waals surface area (Å²) in [4.78, 5) is 11.0. The highest BCUT2D eigenvalue weighted by Crippen LogP contribution is 2.41. The van der Waals surface area contributed by atoms with Crippen molar-refractivity contribution in [3.8, 4) is 22.8 Å². The Hall–Kier alpha value is -2.28. The summed E-state index contributed by atoms with van der Waals surface area (Å²) in [5.41, 5.74) is 0.470. The fourth-order valence-electron chi connectivity index (χ4n) is 1.98. The van der Waals surface area contributed by atoms with Gasteiger partial charge in [0.15, 0.2) is 17.2 Å². The molecule has 0 saturated heterocycles. The van der Waals surface area contributed by atoms with Gasteiger partial charge in [-0.25, -0.2) is 4.79 Å². The lowest BCUT2D eigenvalue weighted by Gasteiger charge is -2.13. The van der Waals surface area contributed by atoms with Crippen molar-refractivity contribution in [2.24, 2.45) is 7.05 Å². The summed E-state index contributed by atoms with van der Waals surface area (Å²) in [5.74, 6) is -2.19. The van der Waals surface area contributed by atoms with Crippen molar-refractivity contribution in [2.75, 3.05) is 14.2 Å². The normalized spacial score (nSPS) is 10.5. The number of aryl methyl sites for hydroxylation is 1. The zero-order valence-corrected chi connectivity index (χ0v) is 12.2. The number of nitrogens with zero attached hydrogens (tertiary/aromatic N) is 2. The van der Waals surface area contributed by atoms with E-state index in [2.05, 4.69) is 5.10 Å². The van der Waals surface area contributed by atoms with Crippen LogP contribution in [0.15, 0.2) is 12.1 Å². The SMILES string of the molecule is COc1c(Cl)cc(-c2cc(C(=O)O)nn2C)c(OC)c1F. The number of aromatic carboxylic acids is 1. The van der Waals surface area contributed by atoms with Crippen LogP contribution in [0.2, 0.25) is 5.02 Å². The Kier molecular flexibility index (Phi) is 4.04. The van der Waals surface area contributed by atoms with Crippen LogP contribution in [0.1, 0.15) is 10.5 Å². The molecule has 8 heteroatoms. The average molecular weight is 315 g/mol. The lowest BCUT2D eigenvalue weighted by atomic mass is 10.1. The largest absolute Gasteiger partial charge is 0.493 e. The first kappa shape index (κ1) is 15.1. The minimum absolute atomic E-state index is 0.0453. The molecule has 2 aromatic rings. The monoisotopic (exact) mass is 314 g/mol. The van der Waals surface area contributed by atoms with E-state index in [1.807, 2.05) is 0 Å². The molecule has 0 radical (unpaired) electrons. The second kappa shape index (κ2) is 5.61. The highest BCUT2D eigenvalue weighted by atomic mass is 35.5. The second-order valence-electron chi connectivity index (χ2n) is 4.13. The average Bonchev–Trinajstić information content (AvgIpc) is 2.81. The van der Waals surface area contributed by atoms with E-state index in [0.29, 0.717) is 5.69 Å². The molecule has 1 N–H and O–H groups in total. The number of halogens is 2. The van der Waals surface area contributed by atoms with Crippen molar-refractivity contribution in [1.29, 1.82) is 0 Å². The zero-order chi connectivity index (χ0) is 15.7. The molecule has 0 saturated carbocycles. The summed E-state index contributed by atoms with van der Waals surface area (Å²) in [7, 11) is 4.12. The third kappa shape index (κ3) is 2.52. The molecule has 0 atom stereocenters. The number of aromatic nitrogens is 2. The van der Waals surface area contributed by atoms with Crippen LogP contribution in [0.25, 0.3) is 11.3 Å². The van der Waals surface area contributed by atoms with Crippen LogP contribution in [-0.4, -0.2) is 35.1 Å². The van der Waals surface area contributed by atoms with Gasteiger partial charge in [-0.15, -0.1) is 0 Å². The van der Waals surface area contributed by atoms with E-state index < -0.39 is 11.8 Å². The molecule has 0 fully saturated rings. The smallest absolute Gasteiger partial charge is 0.356 e. The van der Waals surface area contributed by atoms with Gasteiger partial charge in [0.2, 0.25) is 5.82 Å². The molecular weight excluding hydrogens is 303 g/mol. The van der Waals surface area contributed by atoms with Crippen molar-refractivity contribution in [3.63, 3.8) is 0 Å². The number of benzene rings is 1. The van der Waals surface area contributed by atoms with E-state index in [0.717, 1.165) is 0 Å². The van der Waals surface area contributed by atoms with Gasteiger partial charge in [-0.3, -0.25) is 4.68 Å². The van der Waals surface area contributed by atoms with E-state index in [9.17, 15) is 9.18 Å². The first-order valence-corrected chi connectivity index (χ1v) is 6.16. The molecule has 2 rings (SSSR count). The van der Waals surface area contributed by atoms with E-state index in [1.165, 1.54) is 38.1 Å². The topological polar surface area (TPSA) is 73.6 Å². The summed E-state index contributed by atoms with van der Waals surface area (Å²) in [6.07, 6.45) is 0. The Bertz CT molecular complexity index is 715. The molecule has 0 unspecified atom stereocenters. The minimum atomic E-state index is -1.18. The molecule has 1 heterocycles. The van der Waals surface area contributed by atoms with Crippen molar-refractivity contribution >= 4 is 17.6 Å². The number of hydrogen-bond acceptors (Lipinski definition) is 4. The van der Waals surface area contributed by atoms with Gasteiger partial charge in [0.25, 0.3) is 0 Å². The Morgan fingerprint density at radius 1 is 1.33 bits per heavy atom. The molecule has 1 aromatic carbocycles. The Morgan fingerprint density at radius 2 is 1.95 bits per heavy atom. The maximum Gasteiger partial charge on any atom is 0.356 e. The number of rotatable bonds is 4. The minimum Gasteiger partial charge on any atom is -0.493 e. The standard InChI is InChI=1S/C13H12ClFN2O4/c1-17-9(5-8(16-17)13(18)19)6-4-7(14)12(21-3)10(15)11(6)20-2/h4-5H,1-3H3,(H,18,19). The van der Waals surface area contributed by atoms with Crippen molar-refractivity contribution in [3.05, 3.63) is 28.7 Å². The number of methoxy groups -OCH3 is 2. The van der Waals surface area contributed by atoms with Crippen LogP contribution in [0.4, 0.5) is 4.39 Å². The van der Waals surface area contributed by atoms with E-state index in [1.54, 1.807) is 0 Å². The van der Waals surface area contributed by atoms with Crippen LogP contribution in [-0.2, 0) is 7.05 Å². The first-order valence-electron chi connectivity index (χ1n) is 5.78. The Labute approximate surface area is 124 Å². The van der Waals surface area contributed by atoms with Gasteiger partial charge in [-0.2, -0.15) is 9.49 Å². The van der Waals surface area contributed by atoms with Crippen LogP contribution in [0.5, 0.6) is 11.5 Å². The van der Waals surface area contributed by atoms with Gasteiger partial charge in [-0.1, -0.05) is 11.6 Å². The molecule has 112 valence electrons. The van der Waals surface area contributed by atoms with Crippen LogP contribution < -0.4 is 9.47 Å². The number of hydrogen-bond donors (Lipinski definition) is 1. The molecule has 6 nitrogen and oxygen atoms in total. The molecule has 0 aliphatic rings. The highest BCUT2D eigenvalue weighted by Gasteiger charge is 2.23. The van der Waals surface area contributed by atoms with Crippen molar-refractivity contribution in [1.82, 2.24) is 9.78 Å². The maximum absolute atomic E-state index is 14.3. The van der Waals surface area contributed by atoms with Gasteiger partial charge in [0, 0.05) is 12.6 Å². The molecule has 0 aliphatic carbocycles. The molecule has 21 heavy (non-hydrogen) atoms. The van der Waals surface area contributed by atoms with Gasteiger partial charge >= 0.3 is 5.97 Å². The summed E-state index contributed by atoms with van der Waals surface area (Å²) < 4.78 is 25.5. The van der Waals surface area contributed by atoms with E-state index in [4.69, 9.17) is 26.2 Å². The van der Waals surface area contributed by atoms with Gasteiger partial charge in [-0.05, 0) is 12.1 Å². The van der Waals surface area contributed by atoms with Crippen molar-refractivity contribution < 1.29 is 23.8 Å². The Balaban J connectivity index is 2.72. The first-order chi connectivity index (χ1) is 9.90. The second-order valence-corrected chi connectivity index (χ2v) is 4.54. The quantitative estimate of drug-likeness (QED) is 0.939. The predicted octanol–water partition coefficient (Wildman–Crippen LogP) is 2.60. The fraction of sp³-hybridized carbons (Fsp3) is 0.231. The fourth-order valence-corrected chi connectivity index (χ4v) is 2.25. The number of carboxylic acid groups (broad SMARTS) is 1. The van der Waals surface area contributed by atoms with E-state index in [-0.39, 0.29) is 27.8 Å². The number of ether oxygens (including phenoxy) is 2. The number of carboxylic acids is 1. The number of carbonyl (C=O) groups is 1. The molecular formula is C13H12ClFN2O4. The molecule has 1 aromatic heterocycles. The maximum atomic E-state index is 14.3. The third-order valence-electron chi connectivity index (χ3n) is 2.91.